The van der Waals surface area contributed by atoms with E-state index in [0.29, 0.717) is 12.1 Å². The van der Waals surface area contributed by atoms with Crippen LogP contribution in [0, 0.1) is 0 Å². The number of aromatic hydroxyl groups is 1. The second kappa shape index (κ2) is 8.68. The summed E-state index contributed by atoms with van der Waals surface area (Å²) in [7, 11) is 0. The lowest BCUT2D eigenvalue weighted by molar-refractivity contribution is -0.105. The van der Waals surface area contributed by atoms with E-state index in [4.69, 9.17) is 0 Å². The monoisotopic (exact) mass is 265 g/mol. The predicted octanol–water partition coefficient (Wildman–Crippen LogP) is 2.11. The number of phenols is 1. The van der Waals surface area contributed by atoms with E-state index in [2.05, 4.69) is 15.8 Å². The second-order valence-electron chi connectivity index (χ2n) is 3.46. The summed E-state index contributed by atoms with van der Waals surface area (Å²) in [5.74, 6) is -0.834. The van der Waals surface area contributed by atoms with Crippen LogP contribution >= 0.6 is 0 Å². The molecule has 0 aliphatic heterocycles. The van der Waals surface area contributed by atoms with E-state index < -0.39 is 5.91 Å². The van der Waals surface area contributed by atoms with Gasteiger partial charge >= 0.3 is 0 Å². The Labute approximate surface area is 112 Å². The maximum absolute atomic E-state index is 11.6. The predicted molar refractivity (Wildman–Crippen MR) is 75.4 cm³/mol. The Morgan fingerprint density at radius 1 is 1.32 bits per heavy atom. The lowest BCUT2D eigenvalue weighted by Gasteiger charge is -2.07. The molecule has 0 aliphatic carbocycles. The molecule has 0 radical (unpaired) electrons. The highest BCUT2D eigenvalue weighted by molar-refractivity contribution is 5.99. The van der Waals surface area contributed by atoms with Crippen LogP contribution in [0.4, 0.5) is 5.69 Å². The van der Waals surface area contributed by atoms with Gasteiger partial charge in [-0.25, -0.2) is 5.43 Å². The molecule has 1 rings (SSSR count). The Morgan fingerprint density at radius 3 is 2.47 bits per heavy atom. The Kier molecular flexibility index (Phi) is 7.60. The SMILES string of the molecule is CC.CC(C)=NNC(=O)c1cccc(NC=O)c1O. The van der Waals surface area contributed by atoms with Gasteiger partial charge in [0.05, 0.1) is 11.3 Å². The molecule has 0 heterocycles. The molecule has 0 spiro atoms. The summed E-state index contributed by atoms with van der Waals surface area (Å²) in [6.07, 6.45) is 0.422. The van der Waals surface area contributed by atoms with Crippen molar-refractivity contribution in [2.24, 2.45) is 5.10 Å². The van der Waals surface area contributed by atoms with Crippen molar-refractivity contribution in [3.8, 4) is 5.75 Å². The number of nitrogens with one attached hydrogen (secondary N) is 2. The molecule has 0 bridgehead atoms. The number of carbonyl (C=O) groups excluding carboxylic acids is 2. The highest BCUT2D eigenvalue weighted by Gasteiger charge is 2.13. The van der Waals surface area contributed by atoms with Gasteiger partial charge in [0.25, 0.3) is 5.91 Å². The summed E-state index contributed by atoms with van der Waals surface area (Å²) in [5, 5.41) is 15.7. The molecule has 0 atom stereocenters. The van der Waals surface area contributed by atoms with Gasteiger partial charge in [-0.3, -0.25) is 9.59 Å². The molecule has 1 aromatic rings. The number of nitrogens with zero attached hydrogens (tertiary/aromatic N) is 1. The highest BCUT2D eigenvalue weighted by Crippen LogP contribution is 2.26. The van der Waals surface area contributed by atoms with E-state index >= 15 is 0 Å². The summed E-state index contributed by atoms with van der Waals surface area (Å²) in [6, 6.07) is 4.46. The Hall–Kier alpha value is -2.37. The molecular formula is C13H19N3O3. The third kappa shape index (κ3) is 5.20. The zero-order valence-electron chi connectivity index (χ0n) is 11.5. The molecular weight excluding hydrogens is 246 g/mol. The van der Waals surface area contributed by atoms with Gasteiger partial charge in [0.15, 0.2) is 5.75 Å². The lowest BCUT2D eigenvalue weighted by Crippen LogP contribution is -2.18. The minimum Gasteiger partial charge on any atom is -0.505 e. The third-order valence-corrected chi connectivity index (χ3v) is 1.88. The molecule has 104 valence electrons. The highest BCUT2D eigenvalue weighted by atomic mass is 16.3. The maximum Gasteiger partial charge on any atom is 0.275 e. The number of phenolic OH excluding ortho intramolecular Hbond substituents is 1. The van der Waals surface area contributed by atoms with E-state index in [1.807, 2.05) is 13.8 Å². The summed E-state index contributed by atoms with van der Waals surface area (Å²) in [5.41, 5.74) is 3.18. The first-order valence-corrected chi connectivity index (χ1v) is 5.89. The molecule has 19 heavy (non-hydrogen) atoms. The van der Waals surface area contributed by atoms with Gasteiger partial charge in [-0.1, -0.05) is 19.9 Å². The first kappa shape index (κ1) is 16.6. The van der Waals surface area contributed by atoms with E-state index in [9.17, 15) is 14.7 Å². The standard InChI is InChI=1S/C11H13N3O3.C2H6/c1-7(2)13-14-11(17)8-4-3-5-9(10(8)16)12-6-15;1-2/h3-6,16H,1-2H3,(H,12,15)(H,14,17);1-2H3. The fourth-order valence-corrected chi connectivity index (χ4v) is 1.13. The van der Waals surface area contributed by atoms with E-state index in [1.54, 1.807) is 19.9 Å². The van der Waals surface area contributed by atoms with Crippen molar-refractivity contribution in [2.45, 2.75) is 27.7 Å². The summed E-state index contributed by atoms with van der Waals surface area (Å²) in [6.45, 7) is 7.45. The minimum atomic E-state index is -0.543. The molecule has 6 heteroatoms. The number of rotatable bonds is 4. The number of hydrogen-bond acceptors (Lipinski definition) is 4. The van der Waals surface area contributed by atoms with Gasteiger partial charge in [-0.2, -0.15) is 5.10 Å². The zero-order chi connectivity index (χ0) is 14.8. The summed E-state index contributed by atoms with van der Waals surface area (Å²) < 4.78 is 0. The Morgan fingerprint density at radius 2 is 1.95 bits per heavy atom. The number of hydrogen-bond donors (Lipinski definition) is 3. The van der Waals surface area contributed by atoms with Crippen molar-refractivity contribution in [3.05, 3.63) is 23.8 Å². The Bertz CT molecular complexity index is 466. The Balaban J connectivity index is 0.00000154. The third-order valence-electron chi connectivity index (χ3n) is 1.88. The van der Waals surface area contributed by atoms with Crippen molar-refractivity contribution in [3.63, 3.8) is 0 Å². The fourth-order valence-electron chi connectivity index (χ4n) is 1.13. The number of para-hydroxylation sites is 1. The van der Waals surface area contributed by atoms with E-state index in [1.165, 1.54) is 12.1 Å². The lowest BCUT2D eigenvalue weighted by atomic mass is 10.1. The zero-order valence-corrected chi connectivity index (χ0v) is 11.5. The average molecular weight is 265 g/mol. The molecule has 0 aromatic heterocycles. The van der Waals surface area contributed by atoms with Crippen molar-refractivity contribution in [2.75, 3.05) is 5.32 Å². The number of amides is 2. The van der Waals surface area contributed by atoms with Crippen LogP contribution in [-0.2, 0) is 4.79 Å². The van der Waals surface area contributed by atoms with E-state index in [-0.39, 0.29) is 17.0 Å². The van der Waals surface area contributed by atoms with Gasteiger partial charge in [0.2, 0.25) is 6.41 Å². The average Bonchev–Trinajstić information content (AvgIpc) is 2.41. The van der Waals surface area contributed by atoms with Gasteiger partial charge in [0, 0.05) is 5.71 Å². The van der Waals surface area contributed by atoms with Gasteiger partial charge in [0.1, 0.15) is 0 Å². The van der Waals surface area contributed by atoms with Crippen LogP contribution in [0.3, 0.4) is 0 Å². The first-order chi connectivity index (χ1) is 9.06. The van der Waals surface area contributed by atoms with Crippen LogP contribution in [0.5, 0.6) is 5.75 Å². The van der Waals surface area contributed by atoms with Crippen molar-refractivity contribution >= 4 is 23.7 Å². The number of benzene rings is 1. The smallest absolute Gasteiger partial charge is 0.275 e. The van der Waals surface area contributed by atoms with Crippen LogP contribution < -0.4 is 10.7 Å². The first-order valence-electron chi connectivity index (χ1n) is 5.89. The number of hydrazone groups is 1. The number of carbonyl (C=O) groups is 2. The van der Waals surface area contributed by atoms with Crippen molar-refractivity contribution in [1.29, 1.82) is 0 Å². The van der Waals surface area contributed by atoms with Crippen LogP contribution in [0.15, 0.2) is 23.3 Å². The molecule has 1 aromatic carbocycles. The van der Waals surface area contributed by atoms with Crippen molar-refractivity contribution < 1.29 is 14.7 Å². The van der Waals surface area contributed by atoms with Gasteiger partial charge < -0.3 is 10.4 Å². The number of anilines is 1. The summed E-state index contributed by atoms with van der Waals surface area (Å²) >= 11 is 0. The molecule has 0 saturated heterocycles. The second-order valence-corrected chi connectivity index (χ2v) is 3.46. The summed E-state index contributed by atoms with van der Waals surface area (Å²) in [4.78, 5) is 21.9. The molecule has 3 N–H and O–H groups in total. The van der Waals surface area contributed by atoms with Crippen LogP contribution in [0.25, 0.3) is 0 Å². The fraction of sp³-hybridized carbons (Fsp3) is 0.308. The molecule has 0 unspecified atom stereocenters. The van der Waals surface area contributed by atoms with Crippen molar-refractivity contribution in [1.82, 2.24) is 5.43 Å². The maximum atomic E-state index is 11.6. The van der Waals surface area contributed by atoms with Crippen LogP contribution in [0.2, 0.25) is 0 Å². The quantitative estimate of drug-likeness (QED) is 0.337. The molecule has 0 aliphatic rings. The van der Waals surface area contributed by atoms with Crippen LogP contribution in [0.1, 0.15) is 38.1 Å². The molecule has 0 fully saturated rings. The van der Waals surface area contributed by atoms with E-state index in [0.717, 1.165) is 0 Å². The largest absolute Gasteiger partial charge is 0.505 e. The van der Waals surface area contributed by atoms with Gasteiger partial charge in [-0.15, -0.1) is 0 Å². The topological polar surface area (TPSA) is 90.8 Å². The van der Waals surface area contributed by atoms with Crippen LogP contribution in [-0.4, -0.2) is 23.1 Å². The molecule has 2 amide bonds. The molecule has 0 saturated carbocycles. The van der Waals surface area contributed by atoms with Gasteiger partial charge in [-0.05, 0) is 26.0 Å². The normalized spacial score (nSPS) is 8.63. The molecule has 6 nitrogen and oxygen atoms in total. The minimum absolute atomic E-state index is 0.0434.